The molecule has 1 saturated heterocycles. The van der Waals surface area contributed by atoms with E-state index in [2.05, 4.69) is 6.58 Å². The first-order valence-corrected chi connectivity index (χ1v) is 14.5. The highest BCUT2D eigenvalue weighted by molar-refractivity contribution is 5.15. The Labute approximate surface area is 253 Å². The highest BCUT2D eigenvalue weighted by atomic mass is 16.7. The molecule has 43 heavy (non-hydrogen) atoms. The molecule has 1 fully saturated rings. The SMILES string of the molecule is C=CCOC[C@@H](OCc1ccccc1)[C@@H](OCc1ccccc1)[C@H](COC1O[C@H](CO)[C@@H](O)[C@H]1O)OCc1ccccc1. The molecule has 0 radical (unpaired) electrons. The number of aliphatic hydroxyl groups is 3. The second-order valence-corrected chi connectivity index (χ2v) is 10.3. The van der Waals surface area contributed by atoms with E-state index >= 15 is 0 Å². The van der Waals surface area contributed by atoms with Crippen molar-refractivity contribution in [3.8, 4) is 0 Å². The maximum atomic E-state index is 10.5. The van der Waals surface area contributed by atoms with E-state index in [0.717, 1.165) is 16.7 Å². The van der Waals surface area contributed by atoms with Gasteiger partial charge in [-0.15, -0.1) is 6.58 Å². The Morgan fingerprint density at radius 2 is 1.19 bits per heavy atom. The fraction of sp³-hybridized carbons (Fsp3) is 0.412. The van der Waals surface area contributed by atoms with Crippen LogP contribution in [0.4, 0.5) is 0 Å². The van der Waals surface area contributed by atoms with Gasteiger partial charge in [0.1, 0.15) is 36.6 Å². The first-order chi connectivity index (χ1) is 21.1. The van der Waals surface area contributed by atoms with E-state index in [4.69, 9.17) is 28.4 Å². The topological polar surface area (TPSA) is 116 Å². The van der Waals surface area contributed by atoms with E-state index in [1.807, 2.05) is 91.0 Å². The quantitative estimate of drug-likeness (QED) is 0.142. The smallest absolute Gasteiger partial charge is 0.186 e. The number of hydrogen-bond donors (Lipinski definition) is 3. The van der Waals surface area contributed by atoms with Crippen LogP contribution in [0.3, 0.4) is 0 Å². The summed E-state index contributed by atoms with van der Waals surface area (Å²) in [4.78, 5) is 0. The predicted octanol–water partition coefficient (Wildman–Crippen LogP) is 3.40. The number of benzene rings is 3. The lowest BCUT2D eigenvalue weighted by atomic mass is 10.1. The average Bonchev–Trinajstić information content (AvgIpc) is 3.33. The lowest BCUT2D eigenvalue weighted by molar-refractivity contribution is -0.217. The van der Waals surface area contributed by atoms with Crippen LogP contribution in [0.15, 0.2) is 104 Å². The Bertz CT molecular complexity index is 1160. The van der Waals surface area contributed by atoms with Gasteiger partial charge in [-0.25, -0.2) is 0 Å². The Kier molecular flexibility index (Phi) is 13.8. The molecule has 0 saturated carbocycles. The molecule has 1 aliphatic heterocycles. The molecule has 0 aliphatic carbocycles. The number of ether oxygens (including phenoxy) is 6. The monoisotopic (exact) mass is 594 g/mol. The van der Waals surface area contributed by atoms with Crippen molar-refractivity contribution >= 4 is 0 Å². The van der Waals surface area contributed by atoms with Crippen molar-refractivity contribution in [2.45, 2.75) is 62.7 Å². The molecule has 9 nitrogen and oxygen atoms in total. The predicted molar refractivity (Wildman–Crippen MR) is 160 cm³/mol. The third kappa shape index (κ3) is 10.3. The fourth-order valence-corrected chi connectivity index (χ4v) is 4.71. The zero-order valence-corrected chi connectivity index (χ0v) is 24.2. The van der Waals surface area contributed by atoms with Crippen LogP contribution in [0, 0.1) is 0 Å². The zero-order valence-electron chi connectivity index (χ0n) is 24.2. The Hall–Kier alpha value is -2.96. The van der Waals surface area contributed by atoms with Crippen molar-refractivity contribution < 1.29 is 43.7 Å². The summed E-state index contributed by atoms with van der Waals surface area (Å²) in [7, 11) is 0. The van der Waals surface area contributed by atoms with Gasteiger partial charge in [-0.1, -0.05) is 97.1 Å². The van der Waals surface area contributed by atoms with E-state index in [9.17, 15) is 15.3 Å². The highest BCUT2D eigenvalue weighted by Crippen LogP contribution is 2.25. The number of rotatable bonds is 19. The normalized spacial score (nSPS) is 22.2. The summed E-state index contributed by atoms with van der Waals surface area (Å²) in [6, 6.07) is 29.3. The lowest BCUT2D eigenvalue weighted by Crippen LogP contribution is -2.48. The van der Waals surface area contributed by atoms with Crippen molar-refractivity contribution in [1.82, 2.24) is 0 Å². The average molecular weight is 595 g/mol. The molecule has 4 rings (SSSR count). The molecule has 1 unspecified atom stereocenters. The van der Waals surface area contributed by atoms with Crippen LogP contribution in [0.25, 0.3) is 0 Å². The molecular formula is C34H42O9. The third-order valence-electron chi connectivity index (χ3n) is 7.07. The Morgan fingerprint density at radius 3 is 1.65 bits per heavy atom. The van der Waals surface area contributed by atoms with Gasteiger partial charge in [0.25, 0.3) is 0 Å². The fourth-order valence-electron chi connectivity index (χ4n) is 4.71. The molecular weight excluding hydrogens is 552 g/mol. The molecule has 1 heterocycles. The van der Waals surface area contributed by atoms with E-state index in [1.54, 1.807) is 6.08 Å². The lowest BCUT2D eigenvalue weighted by Gasteiger charge is -2.34. The van der Waals surface area contributed by atoms with Gasteiger partial charge in [-0.05, 0) is 16.7 Å². The molecule has 232 valence electrons. The molecule has 0 amide bonds. The second kappa shape index (κ2) is 18.0. The molecule has 0 spiro atoms. The minimum absolute atomic E-state index is 0.0639. The van der Waals surface area contributed by atoms with Gasteiger partial charge in [-0.3, -0.25) is 0 Å². The first kappa shape index (κ1) is 32.9. The Balaban J connectivity index is 1.59. The van der Waals surface area contributed by atoms with Gasteiger partial charge < -0.3 is 43.7 Å². The van der Waals surface area contributed by atoms with Gasteiger partial charge in [0.15, 0.2) is 6.29 Å². The van der Waals surface area contributed by atoms with Crippen molar-refractivity contribution in [1.29, 1.82) is 0 Å². The third-order valence-corrected chi connectivity index (χ3v) is 7.07. The van der Waals surface area contributed by atoms with E-state index in [1.165, 1.54) is 0 Å². The van der Waals surface area contributed by atoms with Gasteiger partial charge in [0.05, 0.1) is 46.2 Å². The Morgan fingerprint density at radius 1 is 0.698 bits per heavy atom. The molecule has 3 N–H and O–H groups in total. The summed E-state index contributed by atoms with van der Waals surface area (Å²) in [5.74, 6) is 0. The van der Waals surface area contributed by atoms with Gasteiger partial charge >= 0.3 is 0 Å². The minimum Gasteiger partial charge on any atom is -0.394 e. The van der Waals surface area contributed by atoms with Crippen LogP contribution in [0.2, 0.25) is 0 Å². The summed E-state index contributed by atoms with van der Waals surface area (Å²) < 4.78 is 36.8. The van der Waals surface area contributed by atoms with E-state index < -0.39 is 49.5 Å². The van der Waals surface area contributed by atoms with E-state index in [0.29, 0.717) is 13.2 Å². The van der Waals surface area contributed by atoms with Gasteiger partial charge in [-0.2, -0.15) is 0 Å². The number of aliphatic hydroxyl groups excluding tert-OH is 3. The molecule has 9 heteroatoms. The second-order valence-electron chi connectivity index (χ2n) is 10.3. The van der Waals surface area contributed by atoms with Gasteiger partial charge in [0, 0.05) is 0 Å². The summed E-state index contributed by atoms with van der Waals surface area (Å²) in [5.41, 5.74) is 2.90. The number of hydrogen-bond acceptors (Lipinski definition) is 9. The van der Waals surface area contributed by atoms with Crippen molar-refractivity contribution in [3.63, 3.8) is 0 Å². The zero-order chi connectivity index (χ0) is 30.3. The highest BCUT2D eigenvalue weighted by Gasteiger charge is 2.44. The van der Waals surface area contributed by atoms with Crippen molar-refractivity contribution in [2.75, 3.05) is 26.4 Å². The maximum Gasteiger partial charge on any atom is 0.186 e. The summed E-state index contributed by atoms with van der Waals surface area (Å²) in [6.45, 7) is 4.60. The molecule has 3 aromatic carbocycles. The van der Waals surface area contributed by atoms with Gasteiger partial charge in [0.2, 0.25) is 0 Å². The standard InChI is InChI=1S/C34H42O9/c1-2-18-38-23-29(39-20-25-12-6-3-7-13-25)33(41-22-27-16-10-5-11-17-27)30(40-21-26-14-8-4-9-15-26)24-42-34-32(37)31(36)28(19-35)43-34/h2-17,28-37H,1,18-24H2/t28-,29-,30+,31-,32-,33-,34?/m1/s1. The van der Waals surface area contributed by atoms with Crippen LogP contribution >= 0.6 is 0 Å². The van der Waals surface area contributed by atoms with Crippen LogP contribution in [-0.2, 0) is 48.2 Å². The molecule has 1 aliphatic rings. The molecule has 7 atom stereocenters. The molecule has 3 aromatic rings. The largest absolute Gasteiger partial charge is 0.394 e. The maximum absolute atomic E-state index is 10.5. The van der Waals surface area contributed by atoms with Crippen LogP contribution in [0.5, 0.6) is 0 Å². The molecule has 0 aromatic heterocycles. The van der Waals surface area contributed by atoms with Crippen molar-refractivity contribution in [3.05, 3.63) is 120 Å². The van der Waals surface area contributed by atoms with Crippen LogP contribution < -0.4 is 0 Å². The van der Waals surface area contributed by atoms with E-state index in [-0.39, 0.29) is 26.4 Å². The molecule has 0 bridgehead atoms. The summed E-state index contributed by atoms with van der Waals surface area (Å²) in [6.07, 6.45) is -5.04. The summed E-state index contributed by atoms with van der Waals surface area (Å²) in [5, 5.41) is 30.3. The van der Waals surface area contributed by atoms with Crippen LogP contribution in [-0.4, -0.2) is 84.7 Å². The first-order valence-electron chi connectivity index (χ1n) is 14.5. The minimum atomic E-state index is -1.34. The van der Waals surface area contributed by atoms with Crippen molar-refractivity contribution in [2.24, 2.45) is 0 Å². The van der Waals surface area contributed by atoms with Crippen LogP contribution in [0.1, 0.15) is 16.7 Å². The summed E-state index contributed by atoms with van der Waals surface area (Å²) >= 11 is 0.